The van der Waals surface area contributed by atoms with E-state index < -0.39 is 0 Å². The summed E-state index contributed by atoms with van der Waals surface area (Å²) in [7, 11) is 0. The van der Waals surface area contributed by atoms with Gasteiger partial charge in [-0.15, -0.1) is 0 Å². The van der Waals surface area contributed by atoms with E-state index in [1.54, 1.807) is 13.0 Å². The minimum absolute atomic E-state index is 0.354. The van der Waals surface area contributed by atoms with Gasteiger partial charge in [0.15, 0.2) is 5.65 Å². The molecule has 0 unspecified atom stereocenters. The number of nitrogens with one attached hydrogen (secondary N) is 2. The van der Waals surface area contributed by atoms with Gasteiger partial charge in [0.1, 0.15) is 11.3 Å². The normalized spacial score (nSPS) is 10.5. The lowest BCUT2D eigenvalue weighted by atomic mass is 10.3. The Balaban J connectivity index is 1.53. The van der Waals surface area contributed by atoms with Gasteiger partial charge in [0.25, 0.3) is 0 Å². The number of carbonyl (C=O) groups is 1. The molecule has 0 saturated heterocycles. The molecule has 0 fully saturated rings. The molecule has 0 spiro atoms. The Labute approximate surface area is 161 Å². The Morgan fingerprint density at radius 2 is 1.64 bits per heavy atom. The summed E-state index contributed by atoms with van der Waals surface area (Å²) in [6.07, 6.45) is 1.53. The second-order valence-electron chi connectivity index (χ2n) is 6.03. The van der Waals surface area contributed by atoms with Crippen molar-refractivity contribution in [1.82, 2.24) is 15.0 Å². The molecule has 2 aromatic carbocycles. The third-order valence-electron chi connectivity index (χ3n) is 3.95. The van der Waals surface area contributed by atoms with Crippen molar-refractivity contribution in [2.75, 3.05) is 10.6 Å². The Hall–Kier alpha value is -4.00. The van der Waals surface area contributed by atoms with Gasteiger partial charge in [0, 0.05) is 5.69 Å². The molecule has 28 heavy (non-hydrogen) atoms. The average molecular weight is 371 g/mol. The number of aryl methyl sites for hydroxylation is 1. The standard InChI is InChI=1S/C21H17N5O2/c1-14-17(25-21(27)24-15-8-4-2-5-9-15)12-18-20(23-14)26-19(13-22-18)28-16-10-6-3-7-11-16/h2-13H,1H3,(H2,24,25,27). The number of pyridine rings is 1. The Kier molecular flexibility index (Phi) is 4.79. The summed E-state index contributed by atoms with van der Waals surface area (Å²) < 4.78 is 5.69. The molecule has 7 heteroatoms. The van der Waals surface area contributed by atoms with E-state index in [0.717, 1.165) is 0 Å². The average Bonchev–Trinajstić information content (AvgIpc) is 2.70. The molecule has 2 heterocycles. The molecule has 2 amide bonds. The molecule has 4 aromatic rings. The number of anilines is 2. The summed E-state index contributed by atoms with van der Waals surface area (Å²) in [6.45, 7) is 1.80. The van der Waals surface area contributed by atoms with Crippen LogP contribution in [0.4, 0.5) is 16.2 Å². The first-order valence-electron chi connectivity index (χ1n) is 8.68. The van der Waals surface area contributed by atoms with Crippen LogP contribution in [0.3, 0.4) is 0 Å². The number of nitrogens with zero attached hydrogens (tertiary/aromatic N) is 3. The van der Waals surface area contributed by atoms with Crippen molar-refractivity contribution in [2.24, 2.45) is 0 Å². The van der Waals surface area contributed by atoms with Crippen LogP contribution in [-0.4, -0.2) is 21.0 Å². The number of aromatic nitrogens is 3. The Morgan fingerprint density at radius 1 is 0.929 bits per heavy atom. The molecule has 7 nitrogen and oxygen atoms in total. The van der Waals surface area contributed by atoms with Crippen molar-refractivity contribution in [2.45, 2.75) is 6.92 Å². The monoisotopic (exact) mass is 371 g/mol. The molecular formula is C21H17N5O2. The molecule has 0 radical (unpaired) electrons. The number of rotatable bonds is 4. The number of para-hydroxylation sites is 2. The highest BCUT2D eigenvalue weighted by molar-refractivity contribution is 6.00. The lowest BCUT2D eigenvalue weighted by molar-refractivity contribution is 0.262. The fraction of sp³-hybridized carbons (Fsp3) is 0.0476. The molecule has 0 aliphatic carbocycles. The second-order valence-corrected chi connectivity index (χ2v) is 6.03. The van der Waals surface area contributed by atoms with Gasteiger partial charge in [-0.2, -0.15) is 4.98 Å². The molecule has 2 aromatic heterocycles. The van der Waals surface area contributed by atoms with Crippen LogP contribution >= 0.6 is 0 Å². The van der Waals surface area contributed by atoms with Crippen LogP contribution in [0, 0.1) is 6.92 Å². The third-order valence-corrected chi connectivity index (χ3v) is 3.95. The number of ether oxygens (including phenoxy) is 1. The number of carbonyl (C=O) groups excluding carboxylic acids is 1. The second kappa shape index (κ2) is 7.71. The van der Waals surface area contributed by atoms with Gasteiger partial charge < -0.3 is 15.4 Å². The molecule has 0 bridgehead atoms. The van der Waals surface area contributed by atoms with E-state index in [9.17, 15) is 4.79 Å². The zero-order chi connectivity index (χ0) is 19.3. The first-order chi connectivity index (χ1) is 13.7. The highest BCUT2D eigenvalue weighted by Crippen LogP contribution is 2.23. The summed E-state index contributed by atoms with van der Waals surface area (Å²) in [4.78, 5) is 25.4. The van der Waals surface area contributed by atoms with Crippen molar-refractivity contribution in [1.29, 1.82) is 0 Å². The highest BCUT2D eigenvalue weighted by Gasteiger charge is 2.10. The molecule has 138 valence electrons. The maximum Gasteiger partial charge on any atom is 0.323 e. The van der Waals surface area contributed by atoms with Gasteiger partial charge in [-0.3, -0.25) is 0 Å². The van der Waals surface area contributed by atoms with Crippen molar-refractivity contribution in [3.8, 4) is 11.6 Å². The van der Waals surface area contributed by atoms with Crippen molar-refractivity contribution in [3.63, 3.8) is 0 Å². The summed E-state index contributed by atoms with van der Waals surface area (Å²) in [6, 6.07) is 19.9. The lowest BCUT2D eigenvalue weighted by Crippen LogP contribution is -2.20. The molecule has 2 N–H and O–H groups in total. The van der Waals surface area contributed by atoms with Crippen LogP contribution in [0.2, 0.25) is 0 Å². The summed E-state index contributed by atoms with van der Waals surface area (Å²) in [5.41, 5.74) is 2.89. The Bertz CT molecular complexity index is 1120. The van der Waals surface area contributed by atoms with Crippen LogP contribution in [0.5, 0.6) is 11.6 Å². The van der Waals surface area contributed by atoms with Gasteiger partial charge in [-0.05, 0) is 37.3 Å². The first kappa shape index (κ1) is 17.4. The van der Waals surface area contributed by atoms with E-state index in [-0.39, 0.29) is 6.03 Å². The molecule has 0 aliphatic rings. The minimum atomic E-state index is -0.354. The highest BCUT2D eigenvalue weighted by atomic mass is 16.5. The first-order valence-corrected chi connectivity index (χ1v) is 8.68. The van der Waals surface area contributed by atoms with Crippen LogP contribution in [0.1, 0.15) is 5.69 Å². The zero-order valence-electron chi connectivity index (χ0n) is 15.1. The topological polar surface area (TPSA) is 89.0 Å². The lowest BCUT2D eigenvalue weighted by Gasteiger charge is -2.11. The fourth-order valence-electron chi connectivity index (χ4n) is 2.61. The molecule has 0 atom stereocenters. The van der Waals surface area contributed by atoms with E-state index in [0.29, 0.717) is 39.9 Å². The number of benzene rings is 2. The van der Waals surface area contributed by atoms with Gasteiger partial charge in [-0.25, -0.2) is 14.8 Å². The quantitative estimate of drug-likeness (QED) is 0.539. The Morgan fingerprint density at radius 3 is 2.39 bits per heavy atom. The SMILES string of the molecule is Cc1nc2nc(Oc3ccccc3)cnc2cc1NC(=O)Nc1ccccc1. The number of fused-ring (bicyclic) bond motifs is 1. The van der Waals surface area contributed by atoms with Gasteiger partial charge in [-0.1, -0.05) is 36.4 Å². The predicted molar refractivity (Wildman–Crippen MR) is 108 cm³/mol. The minimum Gasteiger partial charge on any atom is -0.437 e. The summed E-state index contributed by atoms with van der Waals surface area (Å²) in [5, 5.41) is 5.56. The van der Waals surface area contributed by atoms with Crippen LogP contribution in [0.15, 0.2) is 72.9 Å². The van der Waals surface area contributed by atoms with Crippen molar-refractivity contribution in [3.05, 3.63) is 78.6 Å². The van der Waals surface area contributed by atoms with E-state index in [1.165, 1.54) is 6.20 Å². The summed E-state index contributed by atoms with van der Waals surface area (Å²) >= 11 is 0. The smallest absolute Gasteiger partial charge is 0.323 e. The third kappa shape index (κ3) is 4.04. The van der Waals surface area contributed by atoms with Crippen LogP contribution in [-0.2, 0) is 0 Å². The maximum atomic E-state index is 12.2. The fourth-order valence-corrected chi connectivity index (χ4v) is 2.61. The predicted octanol–water partition coefficient (Wildman–Crippen LogP) is 4.77. The number of hydrogen-bond acceptors (Lipinski definition) is 5. The largest absolute Gasteiger partial charge is 0.437 e. The van der Waals surface area contributed by atoms with Crippen LogP contribution < -0.4 is 15.4 Å². The molecule has 0 saturated carbocycles. The molecular weight excluding hydrogens is 354 g/mol. The number of hydrogen-bond donors (Lipinski definition) is 2. The van der Waals surface area contributed by atoms with E-state index in [1.807, 2.05) is 60.7 Å². The maximum absolute atomic E-state index is 12.2. The molecule has 4 rings (SSSR count). The van der Waals surface area contributed by atoms with Gasteiger partial charge in [0.05, 0.1) is 17.6 Å². The number of urea groups is 1. The van der Waals surface area contributed by atoms with E-state index in [2.05, 4.69) is 25.6 Å². The molecule has 0 aliphatic heterocycles. The van der Waals surface area contributed by atoms with Gasteiger partial charge in [0.2, 0.25) is 5.88 Å². The van der Waals surface area contributed by atoms with Gasteiger partial charge >= 0.3 is 6.03 Å². The van der Waals surface area contributed by atoms with Crippen molar-refractivity contribution >= 4 is 28.6 Å². The van der Waals surface area contributed by atoms with E-state index in [4.69, 9.17) is 4.74 Å². The van der Waals surface area contributed by atoms with Crippen molar-refractivity contribution < 1.29 is 9.53 Å². The number of amides is 2. The summed E-state index contributed by atoms with van der Waals surface area (Å²) in [5.74, 6) is 1.02. The van der Waals surface area contributed by atoms with E-state index >= 15 is 0 Å². The van der Waals surface area contributed by atoms with Crippen LogP contribution in [0.25, 0.3) is 11.2 Å². The zero-order valence-corrected chi connectivity index (χ0v) is 15.1.